The normalized spacial score (nSPS) is 34.9. The summed E-state index contributed by atoms with van der Waals surface area (Å²) in [5.41, 5.74) is 0. The second kappa shape index (κ2) is 7.47. The van der Waals surface area contributed by atoms with E-state index in [1.165, 1.54) is 32.1 Å². The second-order valence-electron chi connectivity index (χ2n) is 8.58. The molecule has 0 radical (unpaired) electrons. The lowest BCUT2D eigenvalue weighted by Gasteiger charge is -2.34. The Morgan fingerprint density at radius 1 is 1.19 bits per heavy atom. The predicted molar refractivity (Wildman–Crippen MR) is 105 cm³/mol. The van der Waals surface area contributed by atoms with Gasteiger partial charge in [0.2, 0.25) is 0 Å². The number of hydrogen-bond acceptors (Lipinski definition) is 4. The number of furan rings is 1. The van der Waals surface area contributed by atoms with Gasteiger partial charge in [-0.25, -0.2) is 0 Å². The second-order valence-corrected chi connectivity index (χ2v) is 8.58. The zero-order valence-electron chi connectivity index (χ0n) is 16.3. The van der Waals surface area contributed by atoms with Gasteiger partial charge in [0.1, 0.15) is 5.76 Å². The van der Waals surface area contributed by atoms with E-state index < -0.39 is 0 Å². The van der Waals surface area contributed by atoms with Gasteiger partial charge in [0, 0.05) is 38.5 Å². The average molecular weight is 373 g/mol. The van der Waals surface area contributed by atoms with Gasteiger partial charge in [-0.2, -0.15) is 0 Å². The molecule has 5 atom stereocenters. The first-order valence-corrected chi connectivity index (χ1v) is 10.7. The zero-order valence-corrected chi connectivity index (χ0v) is 16.3. The van der Waals surface area contributed by atoms with Gasteiger partial charge in [-0.3, -0.25) is 9.89 Å². The fourth-order valence-corrected chi connectivity index (χ4v) is 5.77. The van der Waals surface area contributed by atoms with Crippen LogP contribution in [0.1, 0.15) is 43.9 Å². The lowest BCUT2D eigenvalue weighted by molar-refractivity contribution is 0.0766. The van der Waals surface area contributed by atoms with Crippen LogP contribution in [0.2, 0.25) is 0 Å². The Hall–Kier alpha value is -1.53. The molecule has 4 saturated heterocycles. The predicted octanol–water partition coefficient (Wildman–Crippen LogP) is 2.49. The highest BCUT2D eigenvalue weighted by atomic mass is 16.5. The van der Waals surface area contributed by atoms with E-state index in [1.54, 1.807) is 6.26 Å². The molecule has 4 aliphatic heterocycles. The summed E-state index contributed by atoms with van der Waals surface area (Å²) in [5, 5.41) is 3.67. The number of guanidine groups is 1. The van der Waals surface area contributed by atoms with E-state index in [1.807, 2.05) is 13.1 Å². The number of likely N-dealkylation sites (tertiary alicyclic amines) is 2. The molecule has 148 valence electrons. The number of aliphatic imine (C=N–C) groups is 1. The lowest BCUT2D eigenvalue weighted by Crippen LogP contribution is -2.46. The fraction of sp³-hybridized carbons (Fsp3) is 0.762. The first kappa shape index (κ1) is 17.6. The summed E-state index contributed by atoms with van der Waals surface area (Å²) in [5.74, 6) is 3.50. The van der Waals surface area contributed by atoms with Crippen molar-refractivity contribution in [2.45, 2.75) is 50.4 Å². The van der Waals surface area contributed by atoms with Crippen LogP contribution in [0.25, 0.3) is 0 Å². The van der Waals surface area contributed by atoms with Gasteiger partial charge in [0.05, 0.1) is 24.5 Å². The van der Waals surface area contributed by atoms with Crippen molar-refractivity contribution in [1.29, 1.82) is 0 Å². The van der Waals surface area contributed by atoms with Crippen LogP contribution in [0.4, 0.5) is 0 Å². The van der Waals surface area contributed by atoms with Crippen molar-refractivity contribution in [2.75, 3.05) is 39.8 Å². The Labute approximate surface area is 161 Å². The van der Waals surface area contributed by atoms with E-state index in [2.05, 4.69) is 26.2 Å². The Morgan fingerprint density at radius 3 is 2.56 bits per heavy atom. The largest absolute Gasteiger partial charge is 0.468 e. The van der Waals surface area contributed by atoms with Crippen LogP contribution in [0.5, 0.6) is 0 Å². The molecule has 1 aromatic rings. The number of rotatable bonds is 4. The van der Waals surface area contributed by atoms with E-state index in [4.69, 9.17) is 9.15 Å². The molecule has 6 nitrogen and oxygen atoms in total. The Bertz CT molecular complexity index is 637. The van der Waals surface area contributed by atoms with Crippen molar-refractivity contribution < 1.29 is 9.15 Å². The van der Waals surface area contributed by atoms with E-state index in [9.17, 15) is 0 Å². The summed E-state index contributed by atoms with van der Waals surface area (Å²) in [6, 6.07) is 4.39. The van der Waals surface area contributed by atoms with E-state index >= 15 is 0 Å². The molecule has 0 amide bonds. The van der Waals surface area contributed by atoms with E-state index in [-0.39, 0.29) is 6.04 Å². The molecule has 5 heterocycles. The highest BCUT2D eigenvalue weighted by molar-refractivity contribution is 5.80. The van der Waals surface area contributed by atoms with E-state index in [0.717, 1.165) is 44.4 Å². The van der Waals surface area contributed by atoms with Crippen molar-refractivity contribution in [3.8, 4) is 0 Å². The first-order chi connectivity index (χ1) is 13.3. The van der Waals surface area contributed by atoms with Crippen molar-refractivity contribution in [1.82, 2.24) is 15.1 Å². The minimum atomic E-state index is 0.277. The van der Waals surface area contributed by atoms with Gasteiger partial charge >= 0.3 is 0 Å². The molecule has 2 bridgehead atoms. The van der Waals surface area contributed by atoms with Crippen LogP contribution in [0, 0.1) is 11.8 Å². The minimum absolute atomic E-state index is 0.277. The molecular formula is C21H32N4O2. The molecule has 27 heavy (non-hydrogen) atoms. The molecule has 0 aromatic carbocycles. The Morgan fingerprint density at radius 2 is 1.93 bits per heavy atom. The number of ether oxygens (including phenoxy) is 1. The number of hydrogen-bond donors (Lipinski definition) is 1. The van der Waals surface area contributed by atoms with Crippen molar-refractivity contribution in [3.63, 3.8) is 0 Å². The number of fused-ring (bicyclic) bond motifs is 5. The number of piperidine rings is 1. The SMILES string of the molecule is CN=C(NCC(c1ccco1)N1CCCCC1)N1CC2C3CCC(O3)C2C1. The summed E-state index contributed by atoms with van der Waals surface area (Å²) in [6.07, 6.45) is 9.19. The summed E-state index contributed by atoms with van der Waals surface area (Å²) in [7, 11) is 1.91. The third-order valence-corrected chi connectivity index (χ3v) is 7.12. The highest BCUT2D eigenvalue weighted by Gasteiger charge is 2.53. The Balaban J connectivity index is 1.24. The van der Waals surface area contributed by atoms with Gasteiger partial charge in [0.15, 0.2) is 5.96 Å². The third-order valence-electron chi connectivity index (χ3n) is 7.12. The molecule has 0 spiro atoms. The molecule has 1 aromatic heterocycles. The molecule has 5 rings (SSSR count). The lowest BCUT2D eigenvalue weighted by atomic mass is 9.82. The summed E-state index contributed by atoms with van der Waals surface area (Å²) in [4.78, 5) is 9.63. The van der Waals surface area contributed by atoms with Crippen LogP contribution in [0.15, 0.2) is 27.8 Å². The molecule has 6 heteroatoms. The Kier molecular flexibility index (Phi) is 4.86. The quantitative estimate of drug-likeness (QED) is 0.650. The number of nitrogens with one attached hydrogen (secondary N) is 1. The van der Waals surface area contributed by atoms with Gasteiger partial charge in [-0.05, 0) is 50.9 Å². The topological polar surface area (TPSA) is 53.2 Å². The van der Waals surface area contributed by atoms with Gasteiger partial charge in [0.25, 0.3) is 0 Å². The molecule has 0 saturated carbocycles. The average Bonchev–Trinajstić information content (AvgIpc) is 3.48. The minimum Gasteiger partial charge on any atom is -0.468 e. The van der Waals surface area contributed by atoms with Crippen molar-refractivity contribution in [3.05, 3.63) is 24.2 Å². The summed E-state index contributed by atoms with van der Waals surface area (Å²) < 4.78 is 11.9. The summed E-state index contributed by atoms with van der Waals surface area (Å²) >= 11 is 0. The molecule has 4 aliphatic rings. The molecule has 1 N–H and O–H groups in total. The van der Waals surface area contributed by atoms with Crippen molar-refractivity contribution in [2.24, 2.45) is 16.8 Å². The van der Waals surface area contributed by atoms with Crippen molar-refractivity contribution >= 4 is 5.96 Å². The van der Waals surface area contributed by atoms with Crippen LogP contribution >= 0.6 is 0 Å². The maximum Gasteiger partial charge on any atom is 0.193 e. The fourth-order valence-electron chi connectivity index (χ4n) is 5.77. The molecular weight excluding hydrogens is 340 g/mol. The van der Waals surface area contributed by atoms with Crippen LogP contribution in [0.3, 0.4) is 0 Å². The number of nitrogens with zero attached hydrogens (tertiary/aromatic N) is 3. The molecule has 0 aliphatic carbocycles. The molecule has 4 fully saturated rings. The molecule has 5 unspecified atom stereocenters. The smallest absolute Gasteiger partial charge is 0.193 e. The monoisotopic (exact) mass is 372 g/mol. The van der Waals surface area contributed by atoms with Crippen LogP contribution < -0.4 is 5.32 Å². The van der Waals surface area contributed by atoms with Gasteiger partial charge in [-0.1, -0.05) is 6.42 Å². The third kappa shape index (κ3) is 3.27. The highest BCUT2D eigenvalue weighted by Crippen LogP contribution is 2.47. The van der Waals surface area contributed by atoms with Gasteiger partial charge < -0.3 is 19.4 Å². The first-order valence-electron chi connectivity index (χ1n) is 10.7. The van der Waals surface area contributed by atoms with Gasteiger partial charge in [-0.15, -0.1) is 0 Å². The van der Waals surface area contributed by atoms with E-state index in [0.29, 0.717) is 24.0 Å². The maximum atomic E-state index is 6.12. The van der Waals surface area contributed by atoms with Crippen LogP contribution in [-0.2, 0) is 4.74 Å². The zero-order chi connectivity index (χ0) is 18.2. The summed E-state index contributed by atoms with van der Waals surface area (Å²) in [6.45, 7) is 5.32. The van der Waals surface area contributed by atoms with Crippen LogP contribution in [-0.4, -0.2) is 67.7 Å². The maximum absolute atomic E-state index is 6.12. The standard InChI is InChI=1S/C21H32N4O2/c1-22-21(25-13-15-16(14-25)19-8-7-18(15)27-19)23-12-17(20-6-5-11-26-20)24-9-3-2-4-10-24/h5-6,11,15-19H,2-4,7-10,12-14H2,1H3,(H,22,23).